The van der Waals surface area contributed by atoms with Crippen molar-refractivity contribution in [1.29, 1.82) is 0 Å². The lowest BCUT2D eigenvalue weighted by Gasteiger charge is -2.15. The summed E-state index contributed by atoms with van der Waals surface area (Å²) in [5.41, 5.74) is 0.677. The number of halogens is 1. The standard InChI is InChI=1S/C12H16FNO2/c1-4-14-12(15)9(3)16-11-6-5-10(13)7-8(11)2/h5-7,9H,4H2,1-3H3,(H,14,15). The van der Waals surface area contributed by atoms with Gasteiger partial charge in [0.25, 0.3) is 5.91 Å². The van der Waals surface area contributed by atoms with Gasteiger partial charge in [-0.25, -0.2) is 4.39 Å². The second-order valence-corrected chi connectivity index (χ2v) is 3.56. The minimum absolute atomic E-state index is 0.175. The van der Waals surface area contributed by atoms with Crippen LogP contribution in [0.4, 0.5) is 4.39 Å². The van der Waals surface area contributed by atoms with Crippen molar-refractivity contribution in [3.8, 4) is 5.75 Å². The van der Waals surface area contributed by atoms with E-state index in [1.54, 1.807) is 13.8 Å². The van der Waals surface area contributed by atoms with Gasteiger partial charge in [0.05, 0.1) is 0 Å². The zero-order chi connectivity index (χ0) is 12.1. The van der Waals surface area contributed by atoms with Gasteiger partial charge in [0, 0.05) is 6.54 Å². The molecule has 0 aromatic heterocycles. The third-order valence-electron chi connectivity index (χ3n) is 2.16. The van der Waals surface area contributed by atoms with Crippen LogP contribution < -0.4 is 10.1 Å². The summed E-state index contributed by atoms with van der Waals surface area (Å²) in [4.78, 5) is 11.4. The molecule has 0 radical (unpaired) electrons. The number of benzene rings is 1. The number of aryl methyl sites for hydroxylation is 1. The van der Waals surface area contributed by atoms with Crippen LogP contribution in [-0.4, -0.2) is 18.6 Å². The van der Waals surface area contributed by atoms with E-state index in [4.69, 9.17) is 4.74 Å². The van der Waals surface area contributed by atoms with E-state index >= 15 is 0 Å². The largest absolute Gasteiger partial charge is 0.481 e. The highest BCUT2D eigenvalue weighted by atomic mass is 19.1. The summed E-state index contributed by atoms with van der Waals surface area (Å²) in [6.07, 6.45) is -0.580. The van der Waals surface area contributed by atoms with Crippen molar-refractivity contribution in [2.45, 2.75) is 26.9 Å². The van der Waals surface area contributed by atoms with Gasteiger partial charge in [0.15, 0.2) is 6.10 Å². The second kappa shape index (κ2) is 5.49. The number of rotatable bonds is 4. The lowest BCUT2D eigenvalue weighted by Crippen LogP contribution is -2.36. The molecule has 0 saturated heterocycles. The fourth-order valence-corrected chi connectivity index (χ4v) is 1.31. The number of carbonyl (C=O) groups excluding carboxylic acids is 1. The monoisotopic (exact) mass is 225 g/mol. The first kappa shape index (κ1) is 12.5. The molecule has 1 N–H and O–H groups in total. The smallest absolute Gasteiger partial charge is 0.260 e. The van der Waals surface area contributed by atoms with Crippen LogP contribution in [0.15, 0.2) is 18.2 Å². The van der Waals surface area contributed by atoms with Gasteiger partial charge in [0.2, 0.25) is 0 Å². The molecule has 4 heteroatoms. The predicted molar refractivity (Wildman–Crippen MR) is 59.9 cm³/mol. The van der Waals surface area contributed by atoms with Crippen LogP contribution in [-0.2, 0) is 4.79 Å². The Labute approximate surface area is 94.6 Å². The van der Waals surface area contributed by atoms with Gasteiger partial charge in [-0.15, -0.1) is 0 Å². The van der Waals surface area contributed by atoms with Crippen LogP contribution in [0.5, 0.6) is 5.75 Å². The van der Waals surface area contributed by atoms with E-state index in [2.05, 4.69) is 5.32 Å². The minimum atomic E-state index is -0.580. The lowest BCUT2D eigenvalue weighted by atomic mass is 10.2. The summed E-state index contributed by atoms with van der Waals surface area (Å²) in [7, 11) is 0. The zero-order valence-electron chi connectivity index (χ0n) is 9.71. The van der Waals surface area contributed by atoms with Crippen molar-refractivity contribution in [2.24, 2.45) is 0 Å². The van der Waals surface area contributed by atoms with Gasteiger partial charge < -0.3 is 10.1 Å². The van der Waals surface area contributed by atoms with E-state index in [-0.39, 0.29) is 11.7 Å². The maximum absolute atomic E-state index is 12.8. The molecule has 0 bridgehead atoms. The van der Waals surface area contributed by atoms with Crippen molar-refractivity contribution in [1.82, 2.24) is 5.32 Å². The molecule has 1 aromatic carbocycles. The Morgan fingerprint density at radius 1 is 1.56 bits per heavy atom. The minimum Gasteiger partial charge on any atom is -0.481 e. The summed E-state index contributed by atoms with van der Waals surface area (Å²) in [6, 6.07) is 4.22. The molecular weight excluding hydrogens is 209 g/mol. The Kier molecular flexibility index (Phi) is 4.28. The molecular formula is C12H16FNO2. The molecule has 1 unspecified atom stereocenters. The van der Waals surface area contributed by atoms with Crippen molar-refractivity contribution in [3.05, 3.63) is 29.6 Å². The van der Waals surface area contributed by atoms with Crippen LogP contribution in [0, 0.1) is 12.7 Å². The van der Waals surface area contributed by atoms with E-state index in [0.29, 0.717) is 17.9 Å². The number of amides is 1. The molecule has 0 aliphatic heterocycles. The molecule has 0 heterocycles. The molecule has 1 aromatic rings. The predicted octanol–water partition coefficient (Wildman–Crippen LogP) is 2.04. The third-order valence-corrected chi connectivity index (χ3v) is 2.16. The van der Waals surface area contributed by atoms with Gasteiger partial charge >= 0.3 is 0 Å². The average Bonchev–Trinajstić information content (AvgIpc) is 2.22. The molecule has 16 heavy (non-hydrogen) atoms. The summed E-state index contributed by atoms with van der Waals surface area (Å²) >= 11 is 0. The SMILES string of the molecule is CCNC(=O)C(C)Oc1ccc(F)cc1C. The van der Waals surface area contributed by atoms with Crippen molar-refractivity contribution in [2.75, 3.05) is 6.54 Å². The number of ether oxygens (including phenoxy) is 1. The van der Waals surface area contributed by atoms with Crippen LogP contribution in [0.1, 0.15) is 19.4 Å². The molecule has 3 nitrogen and oxygen atoms in total. The molecule has 0 aliphatic carbocycles. The van der Waals surface area contributed by atoms with Crippen molar-refractivity contribution < 1.29 is 13.9 Å². The maximum atomic E-state index is 12.8. The van der Waals surface area contributed by atoms with Crippen LogP contribution in [0.25, 0.3) is 0 Å². The fourth-order valence-electron chi connectivity index (χ4n) is 1.31. The highest BCUT2D eigenvalue weighted by Gasteiger charge is 2.14. The van der Waals surface area contributed by atoms with E-state index in [1.165, 1.54) is 18.2 Å². The first-order valence-electron chi connectivity index (χ1n) is 5.25. The van der Waals surface area contributed by atoms with Gasteiger partial charge in [-0.1, -0.05) is 0 Å². The van der Waals surface area contributed by atoms with E-state index in [9.17, 15) is 9.18 Å². The van der Waals surface area contributed by atoms with Gasteiger partial charge in [-0.2, -0.15) is 0 Å². The van der Waals surface area contributed by atoms with Crippen LogP contribution >= 0.6 is 0 Å². The maximum Gasteiger partial charge on any atom is 0.260 e. The normalized spacial score (nSPS) is 12.0. The van der Waals surface area contributed by atoms with Gasteiger partial charge in [-0.05, 0) is 44.5 Å². The fraction of sp³-hybridized carbons (Fsp3) is 0.417. The number of nitrogens with one attached hydrogen (secondary N) is 1. The molecule has 0 spiro atoms. The molecule has 0 aliphatic rings. The Hall–Kier alpha value is -1.58. The lowest BCUT2D eigenvalue weighted by molar-refractivity contribution is -0.127. The Morgan fingerprint density at radius 2 is 2.25 bits per heavy atom. The van der Waals surface area contributed by atoms with Crippen LogP contribution in [0.2, 0.25) is 0 Å². The topological polar surface area (TPSA) is 38.3 Å². The number of likely N-dealkylation sites (N-methyl/N-ethyl adjacent to an activating group) is 1. The van der Waals surface area contributed by atoms with E-state index in [0.717, 1.165) is 0 Å². The number of carbonyl (C=O) groups is 1. The van der Waals surface area contributed by atoms with Crippen molar-refractivity contribution >= 4 is 5.91 Å². The third kappa shape index (κ3) is 3.22. The molecule has 1 atom stereocenters. The first-order chi connectivity index (χ1) is 7.54. The molecule has 0 saturated carbocycles. The Balaban J connectivity index is 2.69. The summed E-state index contributed by atoms with van der Waals surface area (Å²) in [5.74, 6) is 0.0434. The highest BCUT2D eigenvalue weighted by Crippen LogP contribution is 2.19. The zero-order valence-corrected chi connectivity index (χ0v) is 9.71. The quantitative estimate of drug-likeness (QED) is 0.851. The van der Waals surface area contributed by atoms with Crippen molar-refractivity contribution in [3.63, 3.8) is 0 Å². The summed E-state index contributed by atoms with van der Waals surface area (Å²) < 4.78 is 18.3. The van der Waals surface area contributed by atoms with Gasteiger partial charge in [0.1, 0.15) is 11.6 Å². The Bertz CT molecular complexity index is 379. The van der Waals surface area contributed by atoms with E-state index < -0.39 is 6.10 Å². The molecule has 88 valence electrons. The second-order valence-electron chi connectivity index (χ2n) is 3.56. The Morgan fingerprint density at radius 3 is 2.81 bits per heavy atom. The van der Waals surface area contributed by atoms with E-state index in [1.807, 2.05) is 6.92 Å². The summed E-state index contributed by atoms with van der Waals surface area (Å²) in [6.45, 7) is 5.80. The average molecular weight is 225 g/mol. The molecule has 0 fully saturated rings. The summed E-state index contributed by atoms with van der Waals surface area (Å²) in [5, 5.41) is 2.66. The first-order valence-corrected chi connectivity index (χ1v) is 5.25. The molecule has 1 rings (SSSR count). The number of hydrogen-bond acceptors (Lipinski definition) is 2. The van der Waals surface area contributed by atoms with Crippen LogP contribution in [0.3, 0.4) is 0 Å². The molecule has 1 amide bonds. The number of hydrogen-bond donors (Lipinski definition) is 1. The van der Waals surface area contributed by atoms with Gasteiger partial charge in [-0.3, -0.25) is 4.79 Å². The highest BCUT2D eigenvalue weighted by molar-refractivity contribution is 5.80.